The van der Waals surface area contributed by atoms with Crippen LogP contribution >= 0.6 is 0 Å². The number of anilines is 6. The van der Waals surface area contributed by atoms with Gasteiger partial charge < -0.3 is 14.4 Å². The topological polar surface area (TPSA) is 88.8 Å². The maximum absolute atomic E-state index is 5.37. The molecule has 112 heavy (non-hydrogen) atoms. The van der Waals surface area contributed by atoms with Gasteiger partial charge in [-0.05, 0) is 169 Å². The van der Waals surface area contributed by atoms with Crippen LogP contribution in [0.15, 0.2) is 400 Å². The molecule has 0 unspecified atom stereocenters. The molecule has 0 aliphatic carbocycles. The summed E-state index contributed by atoms with van der Waals surface area (Å²) in [4.78, 5) is 36.9. The largest absolute Gasteiger partial charge is 0.311 e. The normalized spacial score (nSPS) is 12.1. The molecule has 0 radical (unpaired) electrons. The molecule has 0 saturated carbocycles. The van der Waals surface area contributed by atoms with Gasteiger partial charge in [0, 0.05) is 84.0 Å². The molecule has 0 amide bonds. The Bertz CT molecular complexity index is 6230. The summed E-state index contributed by atoms with van der Waals surface area (Å²) in [5.74, 6) is 3.22. The highest BCUT2D eigenvalue weighted by molar-refractivity contribution is 7.00. The quantitative estimate of drug-likeness (QED) is 0.0995. The zero-order chi connectivity index (χ0) is 74.0. The van der Waals surface area contributed by atoms with E-state index in [0.717, 1.165) is 151 Å². The molecule has 522 valence electrons. The first kappa shape index (κ1) is 65.3. The second kappa shape index (κ2) is 27.7. The van der Waals surface area contributed by atoms with Crippen molar-refractivity contribution in [2.75, 3.05) is 9.80 Å². The number of benzene rings is 16. The summed E-state index contributed by atoms with van der Waals surface area (Å²) < 4.78 is 2.38. The fourth-order valence-electron chi connectivity index (χ4n) is 16.6. The number of rotatable bonds is 14. The van der Waals surface area contributed by atoms with Gasteiger partial charge in [0.25, 0.3) is 6.71 Å². The van der Waals surface area contributed by atoms with Gasteiger partial charge >= 0.3 is 0 Å². The Morgan fingerprint density at radius 2 is 0.464 bits per heavy atom. The van der Waals surface area contributed by atoms with E-state index in [1.807, 2.05) is 121 Å². The lowest BCUT2D eigenvalue weighted by molar-refractivity contribution is 1.06. The minimum atomic E-state index is -0.128. The number of aromatic nitrogens is 7. The van der Waals surface area contributed by atoms with Gasteiger partial charge in [-0.1, -0.05) is 303 Å². The van der Waals surface area contributed by atoms with Crippen LogP contribution in [-0.4, -0.2) is 41.2 Å². The molecule has 0 bridgehead atoms. The minimum absolute atomic E-state index is 0.128. The summed E-state index contributed by atoms with van der Waals surface area (Å²) in [6, 6.07) is 143. The van der Waals surface area contributed by atoms with Gasteiger partial charge in [-0.15, -0.1) is 0 Å². The third-order valence-electron chi connectivity index (χ3n) is 21.8. The van der Waals surface area contributed by atoms with Gasteiger partial charge in [0.05, 0.1) is 11.0 Å². The van der Waals surface area contributed by atoms with Crippen LogP contribution in [0.3, 0.4) is 0 Å². The molecule has 0 atom stereocenters. The summed E-state index contributed by atoms with van der Waals surface area (Å²) in [5, 5.41) is 2.17. The van der Waals surface area contributed by atoms with Crippen LogP contribution in [0.1, 0.15) is 0 Å². The Kier molecular flexibility index (Phi) is 16.1. The fraction of sp³-hybridized carbons (Fsp3) is 0. The Hall–Kier alpha value is -15.0. The summed E-state index contributed by atoms with van der Waals surface area (Å²) >= 11 is 0. The van der Waals surface area contributed by atoms with Gasteiger partial charge in [0.2, 0.25) is 0 Å². The van der Waals surface area contributed by atoms with Gasteiger partial charge in [0.1, 0.15) is 0 Å². The van der Waals surface area contributed by atoms with Crippen molar-refractivity contribution in [3.8, 4) is 130 Å². The van der Waals surface area contributed by atoms with Crippen LogP contribution in [-0.2, 0) is 0 Å². The molecule has 3 aromatic heterocycles. The van der Waals surface area contributed by atoms with Crippen molar-refractivity contribution < 1.29 is 0 Å². The second-order valence-corrected chi connectivity index (χ2v) is 28.6. The standard InChI is InChI=1S/C102H66BN9/c1-9-31-67(32-10-1)76-55-77(68-33-11-2-12-34-68)59-83(58-76)111-92-51-29-26-48-88(92)103-89-49-27-30-52-93(89)112(84-60-78(69-35-13-3-14-36-69)56-79(61-84)70-37-15-4-16-38-70)95-66-80(65-94(111)96(95)103)75-53-54-91-87(64-75)86-47-25-28-50-90(86)110(91)85-62-81(101-106-97(71-39-17-5-18-40-71)104-98(107-101)72-41-19-6-20-42-72)57-82(63-85)102-108-99(73-43-21-7-22-44-73)105-100(109-102)74-45-23-8-24-46-74/h1-66H. The predicted octanol–water partition coefficient (Wildman–Crippen LogP) is 23.6. The third kappa shape index (κ3) is 11.8. The van der Waals surface area contributed by atoms with Crippen molar-refractivity contribution in [2.24, 2.45) is 0 Å². The summed E-state index contributed by atoms with van der Waals surface area (Å²) in [5.41, 5.74) is 29.4. The molecular formula is C102H66BN9. The lowest BCUT2D eigenvalue weighted by Crippen LogP contribution is -2.61. The van der Waals surface area contributed by atoms with Crippen molar-refractivity contribution in [1.29, 1.82) is 0 Å². The molecule has 16 aromatic carbocycles. The van der Waals surface area contributed by atoms with E-state index < -0.39 is 0 Å². The average Bonchev–Trinajstić information content (AvgIpc) is 0.812. The van der Waals surface area contributed by atoms with Crippen molar-refractivity contribution >= 4 is 79.0 Å². The van der Waals surface area contributed by atoms with E-state index in [1.54, 1.807) is 0 Å². The van der Waals surface area contributed by atoms with E-state index >= 15 is 0 Å². The van der Waals surface area contributed by atoms with E-state index in [4.69, 9.17) is 29.9 Å². The Morgan fingerprint density at radius 3 is 0.839 bits per heavy atom. The SMILES string of the molecule is c1ccc(-c2cc(-c3ccccc3)cc(N3c4ccccc4B4c5ccccc5N(c5cc(-c6ccccc6)cc(-c6ccccc6)c5)c5cc(-c6ccc7c(c6)c6ccccc6n7-c6cc(-c7nc(-c8ccccc8)nc(-c8ccccc8)n7)cc(-c7nc(-c8ccccc8)nc(-c8ccccc8)n7)c6)cc3c54)c2)cc1. The van der Waals surface area contributed by atoms with E-state index in [2.05, 4.69) is 293 Å². The zero-order valence-corrected chi connectivity index (χ0v) is 60.7. The first-order chi connectivity index (χ1) is 55.5. The third-order valence-corrected chi connectivity index (χ3v) is 21.8. The van der Waals surface area contributed by atoms with Crippen molar-refractivity contribution in [1.82, 2.24) is 34.5 Å². The average molecular weight is 1430 g/mol. The summed E-state index contributed by atoms with van der Waals surface area (Å²) in [6.45, 7) is -0.128. The van der Waals surface area contributed by atoms with E-state index in [-0.39, 0.29) is 6.71 Å². The molecule has 2 aliphatic heterocycles. The minimum Gasteiger partial charge on any atom is -0.311 e. The zero-order valence-electron chi connectivity index (χ0n) is 60.7. The highest BCUT2D eigenvalue weighted by Crippen LogP contribution is 2.50. The van der Waals surface area contributed by atoms with Crippen LogP contribution in [0, 0.1) is 0 Å². The van der Waals surface area contributed by atoms with E-state index in [0.29, 0.717) is 34.9 Å². The lowest BCUT2D eigenvalue weighted by atomic mass is 9.33. The molecular weight excluding hydrogens is 1360 g/mol. The Balaban J connectivity index is 0.817. The number of nitrogens with zero attached hydrogens (tertiary/aromatic N) is 9. The summed E-state index contributed by atoms with van der Waals surface area (Å²) in [6.07, 6.45) is 0. The van der Waals surface area contributed by atoms with Gasteiger partial charge in [-0.3, -0.25) is 0 Å². The van der Waals surface area contributed by atoms with E-state index in [1.165, 1.54) is 16.4 Å². The highest BCUT2D eigenvalue weighted by atomic mass is 15.2. The summed E-state index contributed by atoms with van der Waals surface area (Å²) in [7, 11) is 0. The molecule has 0 saturated heterocycles. The molecule has 5 heterocycles. The molecule has 9 nitrogen and oxygen atoms in total. The molecule has 19 aromatic rings. The fourth-order valence-corrected chi connectivity index (χ4v) is 16.6. The maximum atomic E-state index is 5.37. The highest BCUT2D eigenvalue weighted by Gasteiger charge is 2.44. The monoisotopic (exact) mass is 1430 g/mol. The van der Waals surface area contributed by atoms with Crippen LogP contribution in [0.2, 0.25) is 0 Å². The predicted molar refractivity (Wildman–Crippen MR) is 461 cm³/mol. The lowest BCUT2D eigenvalue weighted by Gasteiger charge is -2.44. The van der Waals surface area contributed by atoms with Crippen LogP contribution in [0.25, 0.3) is 151 Å². The van der Waals surface area contributed by atoms with Crippen LogP contribution < -0.4 is 26.2 Å². The molecule has 10 heteroatoms. The van der Waals surface area contributed by atoms with Gasteiger partial charge in [-0.25, -0.2) is 29.9 Å². The number of hydrogen-bond acceptors (Lipinski definition) is 8. The Morgan fingerprint density at radius 1 is 0.179 bits per heavy atom. The molecule has 0 spiro atoms. The van der Waals surface area contributed by atoms with E-state index in [9.17, 15) is 0 Å². The van der Waals surface area contributed by atoms with Crippen molar-refractivity contribution in [3.05, 3.63) is 400 Å². The van der Waals surface area contributed by atoms with Gasteiger partial charge in [0.15, 0.2) is 34.9 Å². The molecule has 0 fully saturated rings. The molecule has 2 aliphatic rings. The first-order valence-electron chi connectivity index (χ1n) is 37.9. The van der Waals surface area contributed by atoms with Crippen molar-refractivity contribution in [3.63, 3.8) is 0 Å². The Labute approximate surface area is 649 Å². The molecule has 0 N–H and O–H groups in total. The second-order valence-electron chi connectivity index (χ2n) is 28.6. The van der Waals surface area contributed by atoms with Crippen LogP contribution in [0.4, 0.5) is 34.1 Å². The number of para-hydroxylation sites is 3. The van der Waals surface area contributed by atoms with Gasteiger partial charge in [-0.2, -0.15) is 0 Å². The number of hydrogen-bond donors (Lipinski definition) is 0. The smallest absolute Gasteiger partial charge is 0.252 e. The number of fused-ring (bicyclic) bond motifs is 7. The molecule has 21 rings (SSSR count). The van der Waals surface area contributed by atoms with Crippen LogP contribution in [0.5, 0.6) is 0 Å². The maximum Gasteiger partial charge on any atom is 0.252 e. The first-order valence-corrected chi connectivity index (χ1v) is 37.9. The van der Waals surface area contributed by atoms with Crippen molar-refractivity contribution in [2.45, 2.75) is 0 Å².